The average molecular weight is 311 g/mol. The number of hydrogen-bond donors (Lipinski definition) is 1. The second-order valence-electron chi connectivity index (χ2n) is 4.84. The van der Waals surface area contributed by atoms with Crippen LogP contribution in [0.3, 0.4) is 0 Å². The third kappa shape index (κ3) is 2.87. The molecule has 3 rings (SSSR count). The van der Waals surface area contributed by atoms with Crippen LogP contribution in [0.5, 0.6) is 0 Å². The van der Waals surface area contributed by atoms with E-state index in [0.717, 1.165) is 5.76 Å². The Bertz CT molecular complexity index is 766. The second-order valence-corrected chi connectivity index (χ2v) is 4.84. The van der Waals surface area contributed by atoms with E-state index >= 15 is 0 Å². The van der Waals surface area contributed by atoms with E-state index in [1.807, 2.05) is 13.0 Å². The molecule has 0 unspecified atom stereocenters. The van der Waals surface area contributed by atoms with Gasteiger partial charge in [-0.05, 0) is 31.2 Å². The number of nitrogens with one attached hydrogen (secondary N) is 1. The van der Waals surface area contributed by atoms with Crippen molar-refractivity contribution in [2.75, 3.05) is 5.32 Å². The minimum atomic E-state index is -4.61. The largest absolute Gasteiger partial charge is 0.469 e. The van der Waals surface area contributed by atoms with Gasteiger partial charge in [0.1, 0.15) is 11.6 Å². The van der Waals surface area contributed by atoms with Gasteiger partial charge in [-0.1, -0.05) is 0 Å². The molecule has 9 heteroatoms. The molecule has 0 radical (unpaired) electrons. The van der Waals surface area contributed by atoms with E-state index in [4.69, 9.17) is 4.42 Å². The summed E-state index contributed by atoms with van der Waals surface area (Å²) in [6.07, 6.45) is -2.45. The van der Waals surface area contributed by atoms with Crippen molar-refractivity contribution in [3.63, 3.8) is 0 Å². The van der Waals surface area contributed by atoms with Crippen LogP contribution >= 0.6 is 0 Å². The number of anilines is 1. The lowest BCUT2D eigenvalue weighted by Gasteiger charge is -2.13. The lowest BCUT2D eigenvalue weighted by molar-refractivity contribution is -0.146. The van der Waals surface area contributed by atoms with Crippen LogP contribution in [0.25, 0.3) is 5.65 Å². The van der Waals surface area contributed by atoms with E-state index < -0.39 is 12.0 Å². The Hall–Kier alpha value is -2.58. The second kappa shape index (κ2) is 5.32. The minimum Gasteiger partial charge on any atom is -0.469 e. The monoisotopic (exact) mass is 311 g/mol. The summed E-state index contributed by atoms with van der Waals surface area (Å²) in [6.45, 7) is 1.88. The van der Waals surface area contributed by atoms with Gasteiger partial charge in [0.2, 0.25) is 0 Å². The van der Waals surface area contributed by atoms with Crippen LogP contribution in [0, 0.1) is 0 Å². The predicted molar refractivity (Wildman–Crippen MR) is 71.3 cm³/mol. The van der Waals surface area contributed by atoms with Crippen molar-refractivity contribution in [2.45, 2.75) is 25.6 Å². The first-order valence-electron chi connectivity index (χ1n) is 6.52. The summed E-state index contributed by atoms with van der Waals surface area (Å²) >= 11 is 0. The quantitative estimate of drug-likeness (QED) is 0.802. The molecule has 1 N–H and O–H groups in total. The van der Waals surface area contributed by atoms with Gasteiger partial charge in [-0.15, -0.1) is 15.3 Å². The maximum atomic E-state index is 12.8. The highest BCUT2D eigenvalue weighted by molar-refractivity contribution is 5.44. The lowest BCUT2D eigenvalue weighted by atomic mass is 10.2. The molecule has 0 amide bonds. The minimum absolute atomic E-state index is 0.0385. The molecule has 0 aliphatic rings. The summed E-state index contributed by atoms with van der Waals surface area (Å²) in [5.74, 6) is -0.0666. The Labute approximate surface area is 123 Å². The molecule has 0 aromatic carbocycles. The molecule has 3 heterocycles. The van der Waals surface area contributed by atoms with Crippen LogP contribution in [0.15, 0.2) is 34.9 Å². The third-order valence-electron chi connectivity index (χ3n) is 3.00. The van der Waals surface area contributed by atoms with Crippen LogP contribution in [0.2, 0.25) is 0 Å². The molecule has 0 saturated heterocycles. The number of alkyl halides is 3. The molecular weight excluding hydrogens is 299 g/mol. The van der Waals surface area contributed by atoms with Crippen LogP contribution in [0.1, 0.15) is 18.5 Å². The topological polar surface area (TPSA) is 68.2 Å². The summed E-state index contributed by atoms with van der Waals surface area (Å²) in [4.78, 5) is 0. The van der Waals surface area contributed by atoms with Crippen molar-refractivity contribution in [2.24, 2.45) is 0 Å². The van der Waals surface area contributed by atoms with Gasteiger partial charge >= 0.3 is 6.18 Å². The maximum absolute atomic E-state index is 12.8. The number of halogens is 3. The zero-order chi connectivity index (χ0) is 15.7. The van der Waals surface area contributed by atoms with Crippen molar-refractivity contribution in [3.8, 4) is 0 Å². The molecule has 6 nitrogen and oxygen atoms in total. The van der Waals surface area contributed by atoms with Crippen LogP contribution in [0.4, 0.5) is 19.0 Å². The van der Waals surface area contributed by atoms with E-state index in [2.05, 4.69) is 20.6 Å². The average Bonchev–Trinajstić information content (AvgIpc) is 3.06. The molecule has 0 aliphatic heterocycles. The Kier molecular flexibility index (Phi) is 3.47. The standard InChI is InChI=1S/C13H12F3N5O/c1-8(7-9-3-2-6-22-9)17-10-4-5-11-18-19-12(13(14,15)16)21(11)20-10/h2-6,8H,7H2,1H3,(H,17,20)/t8-/m0/s1. The fourth-order valence-corrected chi connectivity index (χ4v) is 2.08. The van der Waals surface area contributed by atoms with E-state index in [9.17, 15) is 13.2 Å². The summed E-state index contributed by atoms with van der Waals surface area (Å²) in [5, 5.41) is 13.5. The smallest absolute Gasteiger partial charge is 0.453 e. The molecule has 1 atom stereocenters. The van der Waals surface area contributed by atoms with E-state index in [-0.39, 0.29) is 11.7 Å². The summed E-state index contributed by atoms with van der Waals surface area (Å²) in [7, 11) is 0. The first kappa shape index (κ1) is 14.4. The number of aromatic nitrogens is 4. The van der Waals surface area contributed by atoms with Gasteiger partial charge in [-0.25, -0.2) is 0 Å². The third-order valence-corrected chi connectivity index (χ3v) is 3.00. The molecule has 0 spiro atoms. The van der Waals surface area contributed by atoms with E-state index in [1.165, 1.54) is 6.07 Å². The van der Waals surface area contributed by atoms with Gasteiger partial charge in [0.15, 0.2) is 5.65 Å². The van der Waals surface area contributed by atoms with Crippen molar-refractivity contribution < 1.29 is 17.6 Å². The van der Waals surface area contributed by atoms with Crippen LogP contribution < -0.4 is 5.32 Å². The Balaban J connectivity index is 1.82. The van der Waals surface area contributed by atoms with Gasteiger partial charge in [0.05, 0.1) is 6.26 Å². The Morgan fingerprint density at radius 2 is 2.09 bits per heavy atom. The highest BCUT2D eigenvalue weighted by Gasteiger charge is 2.37. The summed E-state index contributed by atoms with van der Waals surface area (Å²) in [6, 6.07) is 6.53. The lowest BCUT2D eigenvalue weighted by Crippen LogP contribution is -2.20. The summed E-state index contributed by atoms with van der Waals surface area (Å²) in [5.41, 5.74) is 0.0385. The molecule has 0 aliphatic carbocycles. The number of fused-ring (bicyclic) bond motifs is 1. The first-order valence-corrected chi connectivity index (χ1v) is 6.52. The zero-order valence-electron chi connectivity index (χ0n) is 11.5. The van der Waals surface area contributed by atoms with Gasteiger partial charge in [-0.3, -0.25) is 0 Å². The molecule has 22 heavy (non-hydrogen) atoms. The van der Waals surface area contributed by atoms with Crippen LogP contribution in [-0.2, 0) is 12.6 Å². The predicted octanol–water partition coefficient (Wildman–Crippen LogP) is 2.78. The Morgan fingerprint density at radius 3 is 2.77 bits per heavy atom. The first-order chi connectivity index (χ1) is 10.4. The Morgan fingerprint density at radius 1 is 1.27 bits per heavy atom. The highest BCUT2D eigenvalue weighted by atomic mass is 19.4. The van der Waals surface area contributed by atoms with Gasteiger partial charge in [0.25, 0.3) is 5.82 Å². The fourth-order valence-electron chi connectivity index (χ4n) is 2.08. The molecule has 3 aromatic heterocycles. The van der Waals surface area contributed by atoms with E-state index in [0.29, 0.717) is 16.8 Å². The number of furan rings is 1. The SMILES string of the molecule is C[C@@H](Cc1ccco1)Nc1ccc2nnc(C(F)(F)F)n2n1. The van der Waals surface area contributed by atoms with Crippen molar-refractivity contribution in [3.05, 3.63) is 42.1 Å². The normalized spacial score (nSPS) is 13.5. The molecule has 0 saturated carbocycles. The van der Waals surface area contributed by atoms with Crippen LogP contribution in [-0.4, -0.2) is 25.9 Å². The van der Waals surface area contributed by atoms with Crippen molar-refractivity contribution in [1.29, 1.82) is 0 Å². The zero-order valence-corrected chi connectivity index (χ0v) is 11.5. The highest BCUT2D eigenvalue weighted by Crippen LogP contribution is 2.27. The maximum Gasteiger partial charge on any atom is 0.453 e. The van der Waals surface area contributed by atoms with Gasteiger partial charge < -0.3 is 9.73 Å². The molecular formula is C13H12F3N5O. The molecule has 0 bridgehead atoms. The molecule has 3 aromatic rings. The summed E-state index contributed by atoms with van der Waals surface area (Å²) < 4.78 is 44.3. The number of rotatable bonds is 4. The fraction of sp³-hybridized carbons (Fsp3) is 0.308. The number of hydrogen-bond acceptors (Lipinski definition) is 5. The van der Waals surface area contributed by atoms with Gasteiger partial charge in [-0.2, -0.15) is 17.7 Å². The van der Waals surface area contributed by atoms with Crippen molar-refractivity contribution in [1.82, 2.24) is 19.8 Å². The van der Waals surface area contributed by atoms with Crippen molar-refractivity contribution >= 4 is 11.5 Å². The van der Waals surface area contributed by atoms with Gasteiger partial charge in [0, 0.05) is 12.5 Å². The van der Waals surface area contributed by atoms with E-state index in [1.54, 1.807) is 18.4 Å². The molecule has 0 fully saturated rings. The molecule has 116 valence electrons. The number of nitrogens with zero attached hydrogens (tertiary/aromatic N) is 4.